The van der Waals surface area contributed by atoms with Crippen LogP contribution in [0.15, 0.2) is 0 Å². The van der Waals surface area contributed by atoms with Crippen LogP contribution >= 0.6 is 0 Å². The fourth-order valence-electron chi connectivity index (χ4n) is 1.07. The normalized spacial score (nSPS) is 11.2. The predicted molar refractivity (Wildman–Crippen MR) is 71.5 cm³/mol. The van der Waals surface area contributed by atoms with Crippen LogP contribution in [0.3, 0.4) is 0 Å². The molecule has 1 aromatic rings. The average molecular weight is 255 g/mol. The van der Waals surface area contributed by atoms with E-state index in [1.807, 2.05) is 27.9 Å². The third-order valence-corrected chi connectivity index (χ3v) is 2.38. The average Bonchev–Trinajstić information content (AvgIpc) is 2.36. The first kappa shape index (κ1) is 14.4. The van der Waals surface area contributed by atoms with Crippen molar-refractivity contribution in [2.24, 2.45) is 5.84 Å². The van der Waals surface area contributed by atoms with Gasteiger partial charge in [-0.3, -0.25) is 5.43 Å². The van der Waals surface area contributed by atoms with Crippen molar-refractivity contribution in [1.82, 2.24) is 15.0 Å². The van der Waals surface area contributed by atoms with E-state index in [4.69, 9.17) is 10.6 Å². The van der Waals surface area contributed by atoms with Crippen LogP contribution in [0, 0.1) is 0 Å². The highest BCUT2D eigenvalue weighted by Crippen LogP contribution is 2.13. The molecule has 0 aliphatic carbocycles. The SMILES string of the molecule is COC(C)(C)CNc1nc(NN)nc(N(C)C)n1. The first-order chi connectivity index (χ1) is 8.38. The van der Waals surface area contributed by atoms with Crippen molar-refractivity contribution in [1.29, 1.82) is 0 Å². The first-order valence-electron chi connectivity index (χ1n) is 5.57. The number of methoxy groups -OCH3 is 1. The number of nitrogens with zero attached hydrogens (tertiary/aromatic N) is 4. The van der Waals surface area contributed by atoms with E-state index in [2.05, 4.69) is 25.7 Å². The van der Waals surface area contributed by atoms with Crippen molar-refractivity contribution >= 4 is 17.8 Å². The largest absolute Gasteiger partial charge is 0.377 e. The molecule has 0 atom stereocenters. The highest BCUT2D eigenvalue weighted by molar-refractivity contribution is 5.42. The van der Waals surface area contributed by atoms with Gasteiger partial charge in [0.05, 0.1) is 5.60 Å². The fourth-order valence-corrected chi connectivity index (χ4v) is 1.07. The maximum absolute atomic E-state index is 5.32. The van der Waals surface area contributed by atoms with Crippen molar-refractivity contribution in [2.75, 3.05) is 43.4 Å². The number of rotatable bonds is 6. The minimum absolute atomic E-state index is 0.304. The zero-order valence-corrected chi connectivity index (χ0v) is 11.5. The molecule has 18 heavy (non-hydrogen) atoms. The van der Waals surface area contributed by atoms with E-state index in [1.165, 1.54) is 0 Å². The van der Waals surface area contributed by atoms with Gasteiger partial charge in [-0.15, -0.1) is 0 Å². The Kier molecular flexibility index (Phi) is 4.62. The van der Waals surface area contributed by atoms with Gasteiger partial charge in [0.25, 0.3) is 0 Å². The third-order valence-electron chi connectivity index (χ3n) is 2.38. The lowest BCUT2D eigenvalue weighted by atomic mass is 10.1. The zero-order chi connectivity index (χ0) is 13.8. The van der Waals surface area contributed by atoms with E-state index < -0.39 is 0 Å². The summed E-state index contributed by atoms with van der Waals surface area (Å²) in [6, 6.07) is 0. The second-order valence-corrected chi connectivity index (χ2v) is 4.64. The van der Waals surface area contributed by atoms with Crippen LogP contribution in [0.5, 0.6) is 0 Å². The van der Waals surface area contributed by atoms with Crippen molar-refractivity contribution in [3.05, 3.63) is 0 Å². The number of aromatic nitrogens is 3. The molecule has 0 bridgehead atoms. The number of hydrogen-bond donors (Lipinski definition) is 3. The second kappa shape index (κ2) is 5.78. The molecule has 0 saturated carbocycles. The van der Waals surface area contributed by atoms with Gasteiger partial charge < -0.3 is 15.0 Å². The molecule has 0 aliphatic rings. The molecule has 4 N–H and O–H groups in total. The van der Waals surface area contributed by atoms with Gasteiger partial charge in [-0.1, -0.05) is 0 Å². The summed E-state index contributed by atoms with van der Waals surface area (Å²) in [5.74, 6) is 6.61. The molecule has 0 aromatic carbocycles. The van der Waals surface area contributed by atoms with E-state index in [-0.39, 0.29) is 5.60 Å². The van der Waals surface area contributed by atoms with Crippen LogP contribution in [0.2, 0.25) is 0 Å². The van der Waals surface area contributed by atoms with Crippen LogP contribution < -0.4 is 21.5 Å². The Morgan fingerprint density at radius 3 is 2.33 bits per heavy atom. The summed E-state index contributed by atoms with van der Waals surface area (Å²) in [4.78, 5) is 14.3. The lowest BCUT2D eigenvalue weighted by Gasteiger charge is -2.23. The molecule has 0 unspecified atom stereocenters. The quantitative estimate of drug-likeness (QED) is 0.484. The number of nitrogen functional groups attached to an aromatic ring is 1. The summed E-state index contributed by atoms with van der Waals surface area (Å²) in [5.41, 5.74) is 2.11. The summed E-state index contributed by atoms with van der Waals surface area (Å²) < 4.78 is 5.31. The molecule has 1 rings (SSSR count). The Balaban J connectivity index is 2.85. The molecule has 0 radical (unpaired) electrons. The Morgan fingerprint density at radius 1 is 1.22 bits per heavy atom. The Labute approximate surface area is 107 Å². The van der Waals surface area contributed by atoms with Gasteiger partial charge in [0.2, 0.25) is 17.8 Å². The molecule has 0 aliphatic heterocycles. The molecule has 8 heteroatoms. The Morgan fingerprint density at radius 2 is 1.83 bits per heavy atom. The van der Waals surface area contributed by atoms with Gasteiger partial charge in [-0.25, -0.2) is 5.84 Å². The lowest BCUT2D eigenvalue weighted by Crippen LogP contribution is -2.32. The standard InChI is InChI=1S/C10H21N7O/c1-10(2,18-5)6-12-7-13-8(16-11)15-9(14-7)17(3)4/h6,11H2,1-5H3,(H2,12,13,14,15,16). The smallest absolute Gasteiger partial charge is 0.243 e. The van der Waals surface area contributed by atoms with Crippen LogP contribution in [0.4, 0.5) is 17.8 Å². The van der Waals surface area contributed by atoms with Gasteiger partial charge >= 0.3 is 0 Å². The van der Waals surface area contributed by atoms with Gasteiger partial charge in [0.1, 0.15) is 0 Å². The molecule has 1 aromatic heterocycles. The minimum Gasteiger partial charge on any atom is -0.377 e. The highest BCUT2D eigenvalue weighted by Gasteiger charge is 2.17. The van der Waals surface area contributed by atoms with Gasteiger partial charge in [0.15, 0.2) is 0 Å². The molecule has 0 saturated heterocycles. The van der Waals surface area contributed by atoms with Crippen molar-refractivity contribution in [3.8, 4) is 0 Å². The van der Waals surface area contributed by atoms with Gasteiger partial charge in [-0.05, 0) is 13.8 Å². The van der Waals surface area contributed by atoms with E-state index in [9.17, 15) is 0 Å². The van der Waals surface area contributed by atoms with Crippen LogP contribution in [-0.4, -0.2) is 48.3 Å². The Hall–Kier alpha value is -1.67. The zero-order valence-electron chi connectivity index (χ0n) is 11.5. The highest BCUT2D eigenvalue weighted by atomic mass is 16.5. The molecular weight excluding hydrogens is 234 g/mol. The summed E-state index contributed by atoms with van der Waals surface area (Å²) in [6.07, 6.45) is 0. The maximum atomic E-state index is 5.32. The summed E-state index contributed by atoms with van der Waals surface area (Å²) in [5, 5.41) is 3.10. The van der Waals surface area contributed by atoms with Crippen LogP contribution in [0.25, 0.3) is 0 Å². The van der Waals surface area contributed by atoms with E-state index in [0.29, 0.717) is 24.4 Å². The number of anilines is 3. The molecule has 0 fully saturated rings. The van der Waals surface area contributed by atoms with E-state index in [1.54, 1.807) is 12.0 Å². The molecule has 1 heterocycles. The number of ether oxygens (including phenoxy) is 1. The maximum Gasteiger partial charge on any atom is 0.243 e. The molecule has 8 nitrogen and oxygen atoms in total. The number of hydrazine groups is 1. The van der Waals surface area contributed by atoms with Crippen LogP contribution in [-0.2, 0) is 4.74 Å². The predicted octanol–water partition coefficient (Wildman–Crippen LogP) is 0.0601. The van der Waals surface area contributed by atoms with E-state index in [0.717, 1.165) is 0 Å². The molecule has 0 spiro atoms. The molecule has 0 amide bonds. The molecular formula is C10H21N7O. The van der Waals surface area contributed by atoms with E-state index >= 15 is 0 Å². The fraction of sp³-hybridized carbons (Fsp3) is 0.700. The van der Waals surface area contributed by atoms with Crippen molar-refractivity contribution in [3.63, 3.8) is 0 Å². The minimum atomic E-state index is -0.304. The number of nitrogens with two attached hydrogens (primary N) is 1. The summed E-state index contributed by atoms with van der Waals surface area (Å²) >= 11 is 0. The monoisotopic (exact) mass is 255 g/mol. The number of nitrogens with one attached hydrogen (secondary N) is 2. The molecule has 102 valence electrons. The Bertz CT molecular complexity index is 394. The van der Waals surface area contributed by atoms with Crippen molar-refractivity contribution < 1.29 is 4.74 Å². The van der Waals surface area contributed by atoms with Crippen molar-refractivity contribution in [2.45, 2.75) is 19.4 Å². The summed E-state index contributed by atoms with van der Waals surface area (Å²) in [6.45, 7) is 4.51. The number of hydrogen-bond acceptors (Lipinski definition) is 8. The van der Waals surface area contributed by atoms with Crippen LogP contribution in [0.1, 0.15) is 13.8 Å². The summed E-state index contributed by atoms with van der Waals surface area (Å²) in [7, 11) is 5.35. The lowest BCUT2D eigenvalue weighted by molar-refractivity contribution is 0.0342. The third kappa shape index (κ3) is 3.97. The van der Waals surface area contributed by atoms with Gasteiger partial charge in [0, 0.05) is 27.7 Å². The van der Waals surface area contributed by atoms with Gasteiger partial charge in [-0.2, -0.15) is 15.0 Å². The topological polar surface area (TPSA) is 101 Å². The first-order valence-corrected chi connectivity index (χ1v) is 5.57. The second-order valence-electron chi connectivity index (χ2n) is 4.64.